The van der Waals surface area contributed by atoms with E-state index < -0.39 is 0 Å². The molecule has 0 unspecified atom stereocenters. The molecule has 1 aromatic carbocycles. The number of carbonyl (C=O) groups excluding carboxylic acids is 1. The van der Waals surface area contributed by atoms with Crippen molar-refractivity contribution in [2.24, 2.45) is 17.6 Å². The number of nitrogens with two attached hydrogens (primary N) is 1. The van der Waals surface area contributed by atoms with Gasteiger partial charge in [0.2, 0.25) is 0 Å². The highest BCUT2D eigenvalue weighted by Crippen LogP contribution is 2.28. The number of benzene rings is 1. The molecular formula is C25H36N4O. The van der Waals surface area contributed by atoms with Crippen molar-refractivity contribution in [1.82, 2.24) is 4.57 Å². The van der Waals surface area contributed by atoms with E-state index >= 15 is 0 Å². The number of fused-ring (bicyclic) bond motifs is 1. The van der Waals surface area contributed by atoms with E-state index in [4.69, 9.17) is 16.6 Å². The van der Waals surface area contributed by atoms with E-state index in [-0.39, 0.29) is 17.5 Å². The maximum atomic E-state index is 12.7. The summed E-state index contributed by atoms with van der Waals surface area (Å²) >= 11 is 0. The number of amidine groups is 1. The zero-order valence-electron chi connectivity index (χ0n) is 18.5. The van der Waals surface area contributed by atoms with E-state index in [1.165, 1.54) is 25.0 Å². The molecule has 1 aliphatic rings. The second-order valence-corrected chi connectivity index (χ2v) is 8.76. The lowest BCUT2D eigenvalue weighted by molar-refractivity contribution is -0.114. The van der Waals surface area contributed by atoms with Crippen LogP contribution in [0.4, 0.5) is 0 Å². The Bertz CT molecular complexity index is 921. The molecule has 3 rings (SSSR count). The fraction of sp³-hybridized carbons (Fsp3) is 0.560. The summed E-state index contributed by atoms with van der Waals surface area (Å²) in [6, 6.07) is 8.10. The molecular weight excluding hydrogens is 372 g/mol. The van der Waals surface area contributed by atoms with E-state index in [9.17, 15) is 4.79 Å². The van der Waals surface area contributed by atoms with Crippen LogP contribution in [0.2, 0.25) is 0 Å². The predicted molar refractivity (Wildman–Crippen MR) is 125 cm³/mol. The predicted octanol–water partition coefficient (Wildman–Crippen LogP) is 5.46. The van der Waals surface area contributed by atoms with Gasteiger partial charge in [0.25, 0.3) is 0 Å². The highest BCUT2D eigenvalue weighted by Gasteiger charge is 2.24. The van der Waals surface area contributed by atoms with Crippen LogP contribution in [0.5, 0.6) is 0 Å². The third kappa shape index (κ3) is 5.00. The molecule has 1 heterocycles. The number of carbonyl (C=O) groups is 1. The van der Waals surface area contributed by atoms with Crippen LogP contribution < -0.4 is 5.73 Å². The van der Waals surface area contributed by atoms with Crippen LogP contribution in [0.1, 0.15) is 76.5 Å². The summed E-state index contributed by atoms with van der Waals surface area (Å²) in [5.41, 5.74) is 9.06. The zero-order chi connectivity index (χ0) is 21.7. The third-order valence-corrected chi connectivity index (χ3v) is 6.77. The lowest BCUT2D eigenvalue weighted by atomic mass is 9.82. The number of aromatic nitrogens is 1. The molecule has 162 valence electrons. The fourth-order valence-electron chi connectivity index (χ4n) is 4.93. The molecule has 4 N–H and O–H groups in total. The van der Waals surface area contributed by atoms with Gasteiger partial charge in [-0.2, -0.15) is 0 Å². The van der Waals surface area contributed by atoms with Crippen molar-refractivity contribution in [1.29, 1.82) is 10.8 Å². The monoisotopic (exact) mass is 408 g/mol. The summed E-state index contributed by atoms with van der Waals surface area (Å²) in [4.78, 5) is 12.7. The Balaban J connectivity index is 1.69. The van der Waals surface area contributed by atoms with Gasteiger partial charge >= 0.3 is 0 Å². The molecule has 0 aliphatic heterocycles. The summed E-state index contributed by atoms with van der Waals surface area (Å²) in [5, 5.41) is 17.4. The van der Waals surface area contributed by atoms with Crippen LogP contribution in [0.25, 0.3) is 10.9 Å². The first-order valence-corrected chi connectivity index (χ1v) is 11.5. The van der Waals surface area contributed by atoms with Gasteiger partial charge < -0.3 is 15.7 Å². The molecule has 2 aromatic rings. The Kier molecular flexibility index (Phi) is 7.46. The molecule has 5 nitrogen and oxygen atoms in total. The highest BCUT2D eigenvalue weighted by atomic mass is 16.1. The smallest absolute Gasteiger partial charge is 0.176 e. The lowest BCUT2D eigenvalue weighted by Crippen LogP contribution is -2.26. The number of ketones is 1. The largest absolute Gasteiger partial charge is 0.384 e. The Morgan fingerprint density at radius 3 is 2.53 bits per heavy atom. The van der Waals surface area contributed by atoms with E-state index in [1.54, 1.807) is 0 Å². The first kappa shape index (κ1) is 22.3. The van der Waals surface area contributed by atoms with Gasteiger partial charge in [-0.05, 0) is 49.6 Å². The van der Waals surface area contributed by atoms with Gasteiger partial charge in [0, 0.05) is 35.7 Å². The van der Waals surface area contributed by atoms with Crippen molar-refractivity contribution in [2.45, 2.75) is 78.2 Å². The number of nitrogen functional groups attached to an aromatic ring is 1. The van der Waals surface area contributed by atoms with Crippen molar-refractivity contribution in [3.63, 3.8) is 0 Å². The molecule has 1 fully saturated rings. The number of rotatable bonds is 10. The van der Waals surface area contributed by atoms with Gasteiger partial charge in [0.05, 0.1) is 5.71 Å². The summed E-state index contributed by atoms with van der Waals surface area (Å²) in [5.74, 6) is 0.661. The van der Waals surface area contributed by atoms with Crippen molar-refractivity contribution in [3.05, 3.63) is 35.5 Å². The number of aryl methyl sites for hydroxylation is 2. The SMILES string of the molecule is CC[C@@H](CCc1cc2ccc(C(=N)N)cc2n1CC)C(=N)C(=O)CC1CCCCC1. The standard InChI is InChI=1S/C25H36N4O/c1-3-18(24(26)23(30)14-17-8-6-5-7-9-17)12-13-21-15-19-10-11-20(25(27)28)16-22(19)29(21)4-2/h10-11,15-18,26H,3-9,12-14H2,1-2H3,(H3,27,28)/t18-/m0/s1. The molecule has 0 spiro atoms. The van der Waals surface area contributed by atoms with Crippen LogP contribution in [0.3, 0.4) is 0 Å². The maximum absolute atomic E-state index is 12.7. The Labute approximate surface area is 180 Å². The Morgan fingerprint density at radius 2 is 1.90 bits per heavy atom. The van der Waals surface area contributed by atoms with Crippen molar-refractivity contribution >= 4 is 28.2 Å². The fourth-order valence-corrected chi connectivity index (χ4v) is 4.93. The van der Waals surface area contributed by atoms with Crippen LogP contribution >= 0.6 is 0 Å². The molecule has 0 saturated heterocycles. The van der Waals surface area contributed by atoms with E-state index in [0.29, 0.717) is 18.1 Å². The van der Waals surface area contributed by atoms with Crippen LogP contribution in [0, 0.1) is 22.7 Å². The van der Waals surface area contributed by atoms with Crippen LogP contribution in [-0.2, 0) is 17.8 Å². The maximum Gasteiger partial charge on any atom is 0.176 e. The molecule has 0 amide bonds. The quantitative estimate of drug-likeness (QED) is 0.359. The number of nitrogens with zero attached hydrogens (tertiary/aromatic N) is 1. The summed E-state index contributed by atoms with van der Waals surface area (Å²) in [6.45, 7) is 5.05. The third-order valence-electron chi connectivity index (χ3n) is 6.77. The molecule has 0 bridgehead atoms. The molecule has 1 saturated carbocycles. The van der Waals surface area contributed by atoms with Gasteiger partial charge in [0.1, 0.15) is 5.84 Å². The number of nitrogens with one attached hydrogen (secondary N) is 2. The topological polar surface area (TPSA) is 95.7 Å². The van der Waals surface area contributed by atoms with Crippen molar-refractivity contribution in [2.75, 3.05) is 0 Å². The minimum Gasteiger partial charge on any atom is -0.384 e. The minimum atomic E-state index is 0.0252. The molecule has 1 atom stereocenters. The Morgan fingerprint density at radius 1 is 1.17 bits per heavy atom. The van der Waals surface area contributed by atoms with E-state index in [2.05, 4.69) is 24.5 Å². The lowest BCUT2D eigenvalue weighted by Gasteiger charge is -2.22. The van der Waals surface area contributed by atoms with E-state index in [1.807, 2.05) is 18.2 Å². The average molecular weight is 409 g/mol. The van der Waals surface area contributed by atoms with Gasteiger partial charge in [-0.15, -0.1) is 0 Å². The minimum absolute atomic E-state index is 0.0252. The van der Waals surface area contributed by atoms with Crippen LogP contribution in [-0.4, -0.2) is 21.9 Å². The number of hydrogen-bond acceptors (Lipinski definition) is 3. The van der Waals surface area contributed by atoms with Crippen molar-refractivity contribution in [3.8, 4) is 0 Å². The normalized spacial score (nSPS) is 15.9. The first-order valence-electron chi connectivity index (χ1n) is 11.5. The van der Waals surface area contributed by atoms with Gasteiger partial charge in [-0.25, -0.2) is 0 Å². The van der Waals surface area contributed by atoms with Crippen molar-refractivity contribution < 1.29 is 4.79 Å². The summed E-state index contributed by atoms with van der Waals surface area (Å²) in [6.07, 6.45) is 9.11. The number of Topliss-reactive ketones (excluding diaryl/α,β-unsaturated/α-hetero) is 1. The second kappa shape index (κ2) is 10.1. The van der Waals surface area contributed by atoms with Gasteiger partial charge in [-0.3, -0.25) is 10.2 Å². The molecule has 1 aliphatic carbocycles. The van der Waals surface area contributed by atoms with Gasteiger partial charge in [0.15, 0.2) is 5.78 Å². The van der Waals surface area contributed by atoms with Crippen LogP contribution in [0.15, 0.2) is 24.3 Å². The second-order valence-electron chi connectivity index (χ2n) is 8.76. The molecule has 5 heteroatoms. The van der Waals surface area contributed by atoms with Gasteiger partial charge in [-0.1, -0.05) is 51.2 Å². The summed E-state index contributed by atoms with van der Waals surface area (Å²) in [7, 11) is 0. The number of hydrogen-bond donors (Lipinski definition) is 3. The average Bonchev–Trinajstić information content (AvgIpc) is 3.11. The van der Waals surface area contributed by atoms with E-state index in [0.717, 1.165) is 55.1 Å². The molecule has 0 radical (unpaired) electrons. The molecule has 30 heavy (non-hydrogen) atoms. The first-order chi connectivity index (χ1) is 14.4. The molecule has 1 aromatic heterocycles. The highest BCUT2D eigenvalue weighted by molar-refractivity contribution is 6.39. The Hall–Kier alpha value is -2.43. The summed E-state index contributed by atoms with van der Waals surface area (Å²) < 4.78 is 2.27. The zero-order valence-corrected chi connectivity index (χ0v) is 18.5.